The van der Waals surface area contributed by atoms with Crippen molar-refractivity contribution in [3.8, 4) is 0 Å². The number of likely N-dealkylation sites (tertiary alicyclic amines) is 1. The highest BCUT2D eigenvalue weighted by molar-refractivity contribution is 5.92. The van der Waals surface area contributed by atoms with Crippen LogP contribution in [0.3, 0.4) is 0 Å². The van der Waals surface area contributed by atoms with E-state index in [1.807, 2.05) is 4.90 Å². The Hall–Kier alpha value is -1.36. The van der Waals surface area contributed by atoms with Gasteiger partial charge in [0.25, 0.3) is 5.91 Å². The van der Waals surface area contributed by atoms with Crippen LogP contribution in [-0.2, 0) is 0 Å². The molecule has 0 radical (unpaired) electrons. The van der Waals surface area contributed by atoms with Crippen LogP contribution in [0, 0.1) is 6.92 Å². The normalized spacial score (nSPS) is 28.4. The number of carbonyl (C=O) groups is 1. The second kappa shape index (κ2) is 3.59. The van der Waals surface area contributed by atoms with Crippen molar-refractivity contribution in [1.29, 1.82) is 0 Å². The summed E-state index contributed by atoms with van der Waals surface area (Å²) < 4.78 is 4.94. The molecule has 1 aromatic heterocycles. The zero-order valence-electron chi connectivity index (χ0n) is 9.27. The number of fused-ring (bicyclic) bond motifs is 2. The average molecular weight is 221 g/mol. The molecule has 2 aliphatic heterocycles. The smallest absolute Gasteiger partial charge is 0.276 e. The van der Waals surface area contributed by atoms with E-state index in [-0.39, 0.29) is 5.91 Å². The molecule has 3 rings (SSSR count). The molecule has 5 nitrogen and oxygen atoms in total. The summed E-state index contributed by atoms with van der Waals surface area (Å²) in [5, 5.41) is 7.20. The van der Waals surface area contributed by atoms with E-state index in [0.717, 1.165) is 25.9 Å². The number of aryl methyl sites for hydroxylation is 1. The third-order valence-corrected chi connectivity index (χ3v) is 3.43. The molecule has 0 spiro atoms. The number of aromatic nitrogens is 1. The SMILES string of the molecule is Cc1cc(C(=O)N2CC3CC2CCN3)no1. The standard InChI is InChI=1S/C11H15N3O2/c1-7-4-10(13-16-7)11(15)14-6-8-5-9(14)2-3-12-8/h4,8-9,12H,2-3,5-6H2,1H3. The van der Waals surface area contributed by atoms with E-state index in [2.05, 4.69) is 10.5 Å². The maximum Gasteiger partial charge on any atom is 0.276 e. The maximum absolute atomic E-state index is 12.2. The van der Waals surface area contributed by atoms with Gasteiger partial charge in [-0.15, -0.1) is 0 Å². The molecule has 2 atom stereocenters. The van der Waals surface area contributed by atoms with Gasteiger partial charge >= 0.3 is 0 Å². The number of amides is 1. The van der Waals surface area contributed by atoms with Crippen molar-refractivity contribution in [2.24, 2.45) is 0 Å². The van der Waals surface area contributed by atoms with Gasteiger partial charge in [0.15, 0.2) is 5.69 Å². The summed E-state index contributed by atoms with van der Waals surface area (Å²) in [6, 6.07) is 2.56. The van der Waals surface area contributed by atoms with Gasteiger partial charge in [-0.1, -0.05) is 5.16 Å². The van der Waals surface area contributed by atoms with E-state index in [4.69, 9.17) is 4.52 Å². The van der Waals surface area contributed by atoms with Crippen LogP contribution in [0.2, 0.25) is 0 Å². The molecule has 0 aromatic carbocycles. The average Bonchev–Trinajstić information content (AvgIpc) is 2.83. The first-order valence-corrected chi connectivity index (χ1v) is 5.72. The van der Waals surface area contributed by atoms with E-state index in [0.29, 0.717) is 23.5 Å². The van der Waals surface area contributed by atoms with Crippen molar-refractivity contribution in [1.82, 2.24) is 15.4 Å². The minimum Gasteiger partial charge on any atom is -0.361 e. The molecule has 5 heteroatoms. The summed E-state index contributed by atoms with van der Waals surface area (Å²) in [7, 11) is 0. The Bertz CT molecular complexity index is 415. The van der Waals surface area contributed by atoms with E-state index in [1.165, 1.54) is 0 Å². The molecule has 1 N–H and O–H groups in total. The molecule has 0 aliphatic carbocycles. The molecule has 86 valence electrons. The Morgan fingerprint density at radius 2 is 2.56 bits per heavy atom. The summed E-state index contributed by atoms with van der Waals surface area (Å²) in [5.41, 5.74) is 0.435. The Morgan fingerprint density at radius 1 is 1.69 bits per heavy atom. The van der Waals surface area contributed by atoms with Gasteiger partial charge in [0.05, 0.1) is 0 Å². The number of rotatable bonds is 1. The van der Waals surface area contributed by atoms with Crippen LogP contribution in [0.25, 0.3) is 0 Å². The van der Waals surface area contributed by atoms with E-state index < -0.39 is 0 Å². The number of hydrogen-bond acceptors (Lipinski definition) is 4. The van der Waals surface area contributed by atoms with Crippen LogP contribution >= 0.6 is 0 Å². The fourth-order valence-electron chi connectivity index (χ4n) is 2.66. The first-order chi connectivity index (χ1) is 7.74. The molecule has 1 aromatic rings. The minimum absolute atomic E-state index is 0.00745. The lowest BCUT2D eigenvalue weighted by Gasteiger charge is -2.23. The van der Waals surface area contributed by atoms with E-state index in [9.17, 15) is 4.79 Å². The number of hydrogen-bond donors (Lipinski definition) is 1. The second-order valence-corrected chi connectivity index (χ2v) is 4.61. The van der Waals surface area contributed by atoms with Crippen LogP contribution in [0.15, 0.2) is 10.6 Å². The molecule has 2 unspecified atom stereocenters. The first kappa shape index (κ1) is 9.84. The predicted octanol–water partition coefficient (Wildman–Crippen LogP) is 0.559. The van der Waals surface area contributed by atoms with Crippen molar-refractivity contribution < 1.29 is 9.32 Å². The first-order valence-electron chi connectivity index (χ1n) is 5.72. The molecule has 2 aliphatic rings. The van der Waals surface area contributed by atoms with Crippen molar-refractivity contribution >= 4 is 5.91 Å². The molecule has 1 amide bonds. The van der Waals surface area contributed by atoms with Crippen LogP contribution in [0.5, 0.6) is 0 Å². The molecule has 2 saturated heterocycles. The van der Waals surface area contributed by atoms with E-state index in [1.54, 1.807) is 13.0 Å². The lowest BCUT2D eigenvalue weighted by molar-refractivity contribution is 0.0725. The van der Waals surface area contributed by atoms with Gasteiger partial charge in [-0.3, -0.25) is 4.79 Å². The van der Waals surface area contributed by atoms with Gasteiger partial charge in [0.1, 0.15) is 5.76 Å². The summed E-state index contributed by atoms with van der Waals surface area (Å²) in [4.78, 5) is 14.1. The van der Waals surface area contributed by atoms with Crippen molar-refractivity contribution in [2.75, 3.05) is 13.1 Å². The topological polar surface area (TPSA) is 58.4 Å². The molecular weight excluding hydrogens is 206 g/mol. The highest BCUT2D eigenvalue weighted by atomic mass is 16.5. The van der Waals surface area contributed by atoms with Gasteiger partial charge in [0.2, 0.25) is 0 Å². The molecule has 0 saturated carbocycles. The third-order valence-electron chi connectivity index (χ3n) is 3.43. The molecule has 16 heavy (non-hydrogen) atoms. The van der Waals surface area contributed by atoms with Crippen LogP contribution in [-0.4, -0.2) is 41.1 Å². The molecule has 2 bridgehead atoms. The van der Waals surface area contributed by atoms with Gasteiger partial charge < -0.3 is 14.7 Å². The fraction of sp³-hybridized carbons (Fsp3) is 0.636. The summed E-state index contributed by atoms with van der Waals surface area (Å²) in [6.45, 7) is 3.61. The molecule has 3 heterocycles. The monoisotopic (exact) mass is 221 g/mol. The fourth-order valence-corrected chi connectivity index (χ4v) is 2.66. The third kappa shape index (κ3) is 1.51. The van der Waals surface area contributed by atoms with Crippen LogP contribution in [0.4, 0.5) is 0 Å². The Balaban J connectivity index is 1.80. The zero-order valence-corrected chi connectivity index (χ0v) is 9.27. The molecular formula is C11H15N3O2. The van der Waals surface area contributed by atoms with Crippen molar-refractivity contribution in [3.05, 3.63) is 17.5 Å². The van der Waals surface area contributed by atoms with Crippen molar-refractivity contribution in [2.45, 2.75) is 31.8 Å². The highest BCUT2D eigenvalue weighted by Gasteiger charge is 2.38. The Labute approximate surface area is 93.8 Å². The van der Waals surface area contributed by atoms with E-state index >= 15 is 0 Å². The summed E-state index contributed by atoms with van der Waals surface area (Å²) in [6.07, 6.45) is 2.11. The number of piperidine rings is 1. The number of nitrogens with one attached hydrogen (secondary N) is 1. The summed E-state index contributed by atoms with van der Waals surface area (Å²) in [5.74, 6) is 0.691. The minimum atomic E-state index is 0.00745. The van der Waals surface area contributed by atoms with Gasteiger partial charge in [0, 0.05) is 24.7 Å². The highest BCUT2D eigenvalue weighted by Crippen LogP contribution is 2.25. The zero-order chi connectivity index (χ0) is 11.1. The largest absolute Gasteiger partial charge is 0.361 e. The second-order valence-electron chi connectivity index (χ2n) is 4.61. The Morgan fingerprint density at radius 3 is 3.25 bits per heavy atom. The lowest BCUT2D eigenvalue weighted by Crippen LogP contribution is -2.36. The number of carbonyl (C=O) groups excluding carboxylic acids is 1. The van der Waals surface area contributed by atoms with Crippen molar-refractivity contribution in [3.63, 3.8) is 0 Å². The maximum atomic E-state index is 12.2. The van der Waals surface area contributed by atoms with Gasteiger partial charge in [-0.25, -0.2) is 0 Å². The number of nitrogens with zero attached hydrogens (tertiary/aromatic N) is 2. The van der Waals surface area contributed by atoms with Gasteiger partial charge in [-0.2, -0.15) is 0 Å². The predicted molar refractivity (Wildman–Crippen MR) is 57.1 cm³/mol. The van der Waals surface area contributed by atoms with Crippen LogP contribution in [0.1, 0.15) is 29.1 Å². The van der Waals surface area contributed by atoms with Crippen LogP contribution < -0.4 is 5.32 Å². The quantitative estimate of drug-likeness (QED) is 0.752. The lowest BCUT2D eigenvalue weighted by atomic mass is 10.1. The Kier molecular flexibility index (Phi) is 2.21. The summed E-state index contributed by atoms with van der Waals surface area (Å²) >= 11 is 0. The molecule has 2 fully saturated rings. The van der Waals surface area contributed by atoms with Gasteiger partial charge in [-0.05, 0) is 26.3 Å².